The maximum absolute atomic E-state index is 6.16. The lowest BCUT2D eigenvalue weighted by Crippen LogP contribution is -2.65. The van der Waals surface area contributed by atoms with Gasteiger partial charge in [0.15, 0.2) is 0 Å². The molecule has 2 heterocycles. The largest absolute Gasteiger partial charge is 0.359 e. The van der Waals surface area contributed by atoms with E-state index in [0.717, 1.165) is 39.3 Å². The molecule has 0 bridgehead atoms. The molecule has 0 aromatic rings. The Kier molecular flexibility index (Phi) is 4.49. The molecule has 18 heavy (non-hydrogen) atoms. The van der Waals surface area contributed by atoms with Gasteiger partial charge in [-0.3, -0.25) is 10.2 Å². The number of hydrogen-bond donors (Lipinski definition) is 3. The second kappa shape index (κ2) is 6.30. The van der Waals surface area contributed by atoms with Crippen molar-refractivity contribution in [3.05, 3.63) is 0 Å². The van der Waals surface area contributed by atoms with E-state index in [-0.39, 0.29) is 6.23 Å². The maximum atomic E-state index is 6.16. The predicted molar refractivity (Wildman–Crippen MR) is 71.4 cm³/mol. The quantitative estimate of drug-likeness (QED) is 0.645. The first-order valence-electron chi connectivity index (χ1n) is 7.49. The van der Waals surface area contributed by atoms with Crippen molar-refractivity contribution in [2.75, 3.05) is 39.3 Å². The van der Waals surface area contributed by atoms with Crippen molar-refractivity contribution in [3.8, 4) is 0 Å². The van der Waals surface area contributed by atoms with Gasteiger partial charge < -0.3 is 15.4 Å². The van der Waals surface area contributed by atoms with E-state index >= 15 is 0 Å². The van der Waals surface area contributed by atoms with E-state index in [1.165, 1.54) is 25.7 Å². The summed E-state index contributed by atoms with van der Waals surface area (Å²) in [4.78, 5) is 2.52. The van der Waals surface area contributed by atoms with E-state index in [9.17, 15) is 0 Å². The smallest absolute Gasteiger partial charge is 0.122 e. The standard InChI is InChI=1S/C13H26N4O/c1-2-4-11(3-1)18-13-10-15-9-12(16-13)17-7-5-14-6-8-17/h11-16H,1-10H2. The summed E-state index contributed by atoms with van der Waals surface area (Å²) in [6.07, 6.45) is 6.30. The molecule has 104 valence electrons. The molecule has 1 saturated carbocycles. The van der Waals surface area contributed by atoms with Gasteiger partial charge in [0.05, 0.1) is 12.3 Å². The van der Waals surface area contributed by atoms with E-state index in [1.54, 1.807) is 0 Å². The highest BCUT2D eigenvalue weighted by atomic mass is 16.5. The molecule has 0 radical (unpaired) electrons. The van der Waals surface area contributed by atoms with Crippen molar-refractivity contribution in [2.45, 2.75) is 44.2 Å². The Bertz CT molecular complexity index is 251. The molecule has 2 saturated heterocycles. The molecule has 0 amide bonds. The first kappa shape index (κ1) is 12.8. The first-order chi connectivity index (χ1) is 8.92. The van der Waals surface area contributed by atoms with Gasteiger partial charge >= 0.3 is 0 Å². The Morgan fingerprint density at radius 1 is 0.944 bits per heavy atom. The zero-order valence-corrected chi connectivity index (χ0v) is 11.2. The van der Waals surface area contributed by atoms with E-state index in [0.29, 0.717) is 12.3 Å². The van der Waals surface area contributed by atoms with E-state index in [2.05, 4.69) is 20.9 Å². The Morgan fingerprint density at radius 2 is 1.72 bits per heavy atom. The number of nitrogens with one attached hydrogen (secondary N) is 3. The fraction of sp³-hybridized carbons (Fsp3) is 1.00. The van der Waals surface area contributed by atoms with Gasteiger partial charge in [-0.25, -0.2) is 0 Å². The molecule has 3 fully saturated rings. The monoisotopic (exact) mass is 254 g/mol. The minimum absolute atomic E-state index is 0.196. The molecule has 1 aliphatic carbocycles. The minimum Gasteiger partial charge on any atom is -0.359 e. The average molecular weight is 254 g/mol. The third-order valence-corrected chi connectivity index (χ3v) is 4.30. The van der Waals surface area contributed by atoms with E-state index < -0.39 is 0 Å². The van der Waals surface area contributed by atoms with Crippen LogP contribution in [0.1, 0.15) is 25.7 Å². The molecule has 0 aromatic heterocycles. The number of nitrogens with zero attached hydrogens (tertiary/aromatic N) is 1. The van der Waals surface area contributed by atoms with Gasteiger partial charge in [-0.2, -0.15) is 0 Å². The average Bonchev–Trinajstić information content (AvgIpc) is 2.93. The Morgan fingerprint density at radius 3 is 2.50 bits per heavy atom. The van der Waals surface area contributed by atoms with Gasteiger partial charge in [0, 0.05) is 39.3 Å². The molecule has 2 unspecified atom stereocenters. The van der Waals surface area contributed by atoms with Crippen LogP contribution in [0, 0.1) is 0 Å². The second-order valence-corrected chi connectivity index (χ2v) is 5.66. The van der Waals surface area contributed by atoms with Crippen LogP contribution in [0.25, 0.3) is 0 Å². The minimum atomic E-state index is 0.196. The van der Waals surface area contributed by atoms with Crippen molar-refractivity contribution >= 4 is 0 Å². The zero-order chi connectivity index (χ0) is 12.2. The third kappa shape index (κ3) is 3.22. The van der Waals surface area contributed by atoms with Crippen LogP contribution in [0.15, 0.2) is 0 Å². The van der Waals surface area contributed by atoms with Crippen molar-refractivity contribution in [1.29, 1.82) is 0 Å². The molecule has 2 atom stereocenters. The first-order valence-corrected chi connectivity index (χ1v) is 7.49. The Labute approximate surface area is 110 Å². The molecule has 0 aromatic carbocycles. The van der Waals surface area contributed by atoms with Gasteiger partial charge in [-0.1, -0.05) is 12.8 Å². The van der Waals surface area contributed by atoms with Crippen LogP contribution in [-0.2, 0) is 4.74 Å². The SMILES string of the molecule is C1CCC(OC2CNCC(N3CCNCC3)N2)C1. The van der Waals surface area contributed by atoms with Crippen molar-refractivity contribution < 1.29 is 4.74 Å². The molecule has 3 N–H and O–H groups in total. The number of ether oxygens (including phenoxy) is 1. The van der Waals surface area contributed by atoms with E-state index in [4.69, 9.17) is 4.74 Å². The van der Waals surface area contributed by atoms with Crippen LogP contribution in [0.2, 0.25) is 0 Å². The summed E-state index contributed by atoms with van der Waals surface area (Å²) >= 11 is 0. The number of piperazine rings is 2. The van der Waals surface area contributed by atoms with Gasteiger partial charge in [-0.05, 0) is 12.8 Å². The van der Waals surface area contributed by atoms with Crippen molar-refractivity contribution in [3.63, 3.8) is 0 Å². The molecule has 0 spiro atoms. The fourth-order valence-electron chi connectivity index (χ4n) is 3.26. The number of hydrogen-bond acceptors (Lipinski definition) is 5. The second-order valence-electron chi connectivity index (χ2n) is 5.66. The lowest BCUT2D eigenvalue weighted by atomic mass is 10.2. The normalized spacial score (nSPS) is 36.0. The Hall–Kier alpha value is -0.200. The van der Waals surface area contributed by atoms with Gasteiger partial charge in [0.1, 0.15) is 6.23 Å². The summed E-state index contributed by atoms with van der Waals surface area (Å²) in [7, 11) is 0. The molecule has 3 rings (SSSR count). The summed E-state index contributed by atoms with van der Waals surface area (Å²) in [6, 6.07) is 0. The summed E-state index contributed by atoms with van der Waals surface area (Å²) in [6.45, 7) is 6.45. The van der Waals surface area contributed by atoms with Crippen LogP contribution < -0.4 is 16.0 Å². The predicted octanol–water partition coefficient (Wildman–Crippen LogP) is -0.304. The highest BCUT2D eigenvalue weighted by Gasteiger charge is 2.29. The third-order valence-electron chi connectivity index (χ3n) is 4.30. The lowest BCUT2D eigenvalue weighted by Gasteiger charge is -2.41. The lowest BCUT2D eigenvalue weighted by molar-refractivity contribution is -0.0595. The topological polar surface area (TPSA) is 48.6 Å². The zero-order valence-electron chi connectivity index (χ0n) is 11.2. The van der Waals surface area contributed by atoms with Crippen molar-refractivity contribution in [1.82, 2.24) is 20.9 Å². The van der Waals surface area contributed by atoms with Crippen LogP contribution in [0.4, 0.5) is 0 Å². The summed E-state index contributed by atoms with van der Waals surface area (Å²) in [5.74, 6) is 0. The molecule has 5 nitrogen and oxygen atoms in total. The molecule has 5 heteroatoms. The highest BCUT2D eigenvalue weighted by molar-refractivity contribution is 4.83. The maximum Gasteiger partial charge on any atom is 0.122 e. The molecule has 3 aliphatic rings. The summed E-state index contributed by atoms with van der Waals surface area (Å²) < 4.78 is 6.16. The van der Waals surface area contributed by atoms with Crippen LogP contribution in [0.5, 0.6) is 0 Å². The summed E-state index contributed by atoms with van der Waals surface area (Å²) in [5, 5.41) is 10.6. The van der Waals surface area contributed by atoms with Gasteiger partial charge in [0.25, 0.3) is 0 Å². The Balaban J connectivity index is 1.47. The molecular weight excluding hydrogens is 228 g/mol. The van der Waals surface area contributed by atoms with Crippen LogP contribution in [0.3, 0.4) is 0 Å². The van der Waals surface area contributed by atoms with Crippen LogP contribution in [-0.4, -0.2) is 62.7 Å². The highest BCUT2D eigenvalue weighted by Crippen LogP contribution is 2.22. The fourth-order valence-corrected chi connectivity index (χ4v) is 3.26. The van der Waals surface area contributed by atoms with E-state index in [1.807, 2.05) is 0 Å². The number of rotatable bonds is 3. The molecular formula is C13H26N4O. The summed E-state index contributed by atoms with van der Waals surface area (Å²) in [5.41, 5.74) is 0. The van der Waals surface area contributed by atoms with Crippen LogP contribution >= 0.6 is 0 Å². The van der Waals surface area contributed by atoms with Gasteiger partial charge in [0.2, 0.25) is 0 Å². The van der Waals surface area contributed by atoms with Gasteiger partial charge in [-0.15, -0.1) is 0 Å². The van der Waals surface area contributed by atoms with Crippen molar-refractivity contribution in [2.24, 2.45) is 0 Å². The molecule has 2 aliphatic heterocycles.